The molecular weight excluding hydrogens is 388 g/mol. The molecule has 1 aliphatic heterocycles. The highest BCUT2D eigenvalue weighted by atomic mass is 35.5. The Morgan fingerprint density at radius 3 is 2.69 bits per heavy atom. The molecular formula is C22H23ClN4O2. The van der Waals surface area contributed by atoms with Crippen molar-refractivity contribution < 1.29 is 4.74 Å². The van der Waals surface area contributed by atoms with Crippen molar-refractivity contribution in [3.05, 3.63) is 81.9 Å². The van der Waals surface area contributed by atoms with Gasteiger partial charge in [-0.25, -0.2) is 4.98 Å². The van der Waals surface area contributed by atoms with Crippen molar-refractivity contribution in [2.24, 2.45) is 0 Å². The van der Waals surface area contributed by atoms with Gasteiger partial charge in [0.2, 0.25) is 0 Å². The Labute approximate surface area is 174 Å². The highest BCUT2D eigenvalue weighted by Gasteiger charge is 2.21. The van der Waals surface area contributed by atoms with Crippen LogP contribution in [-0.2, 0) is 6.61 Å². The predicted molar refractivity (Wildman–Crippen MR) is 115 cm³/mol. The molecule has 0 saturated carbocycles. The molecule has 7 heteroatoms. The van der Waals surface area contributed by atoms with Crippen molar-refractivity contribution in [3.8, 4) is 11.4 Å². The Kier molecular flexibility index (Phi) is 5.83. The van der Waals surface area contributed by atoms with Crippen molar-refractivity contribution in [2.45, 2.75) is 19.1 Å². The van der Waals surface area contributed by atoms with Gasteiger partial charge in [0, 0.05) is 36.4 Å². The van der Waals surface area contributed by atoms with E-state index in [1.54, 1.807) is 23.0 Å². The molecule has 3 heterocycles. The Morgan fingerprint density at radius 1 is 1.21 bits per heavy atom. The fourth-order valence-electron chi connectivity index (χ4n) is 3.42. The van der Waals surface area contributed by atoms with Crippen LogP contribution in [0.25, 0.3) is 5.69 Å². The van der Waals surface area contributed by atoms with Gasteiger partial charge in [0.1, 0.15) is 18.2 Å². The fraction of sp³-hybridized carbons (Fsp3) is 0.273. The zero-order chi connectivity index (χ0) is 20.2. The second kappa shape index (κ2) is 8.68. The topological polar surface area (TPSA) is 59.4 Å². The summed E-state index contributed by atoms with van der Waals surface area (Å²) in [5.41, 5.74) is 1.55. The Hall–Kier alpha value is -2.83. The lowest BCUT2D eigenvalue weighted by atomic mass is 10.2. The molecule has 4 rings (SSSR count). The zero-order valence-electron chi connectivity index (χ0n) is 16.2. The molecule has 29 heavy (non-hydrogen) atoms. The number of aromatic nitrogens is 2. The van der Waals surface area contributed by atoms with Gasteiger partial charge in [0.05, 0.1) is 11.9 Å². The van der Waals surface area contributed by atoms with E-state index >= 15 is 0 Å². The van der Waals surface area contributed by atoms with Gasteiger partial charge in [-0.05, 0) is 49.4 Å². The smallest absolute Gasteiger partial charge is 0.258 e. The van der Waals surface area contributed by atoms with E-state index in [0.29, 0.717) is 23.4 Å². The van der Waals surface area contributed by atoms with E-state index in [4.69, 9.17) is 16.3 Å². The number of likely N-dealkylation sites (N-methyl/N-ethyl adjacent to an activating group) is 1. The minimum atomic E-state index is -0.162. The first-order chi connectivity index (χ1) is 14.1. The average Bonchev–Trinajstić information content (AvgIpc) is 3.23. The van der Waals surface area contributed by atoms with E-state index in [1.165, 1.54) is 6.07 Å². The van der Waals surface area contributed by atoms with Gasteiger partial charge < -0.3 is 15.0 Å². The SMILES string of the molecule is CNC1CCN(c2ccc(-n3ccc(OCc4ccc(Cl)cc4)cc3=O)cn2)C1. The van der Waals surface area contributed by atoms with Crippen LogP contribution in [0.15, 0.2) is 65.7 Å². The van der Waals surface area contributed by atoms with Crippen molar-refractivity contribution in [3.63, 3.8) is 0 Å². The molecule has 3 aromatic rings. The van der Waals surface area contributed by atoms with E-state index in [0.717, 1.165) is 36.6 Å². The van der Waals surface area contributed by atoms with Crippen molar-refractivity contribution in [1.29, 1.82) is 0 Å². The molecule has 2 aromatic heterocycles. The van der Waals surface area contributed by atoms with E-state index in [-0.39, 0.29) is 5.56 Å². The Morgan fingerprint density at radius 2 is 2.03 bits per heavy atom. The van der Waals surface area contributed by atoms with E-state index in [9.17, 15) is 4.79 Å². The lowest BCUT2D eigenvalue weighted by Gasteiger charge is -2.17. The molecule has 1 fully saturated rings. The second-order valence-electron chi connectivity index (χ2n) is 7.08. The van der Waals surface area contributed by atoms with E-state index in [1.807, 2.05) is 43.4 Å². The van der Waals surface area contributed by atoms with Gasteiger partial charge >= 0.3 is 0 Å². The molecule has 150 valence electrons. The molecule has 1 unspecified atom stereocenters. The highest BCUT2D eigenvalue weighted by Crippen LogP contribution is 2.19. The van der Waals surface area contributed by atoms with Crippen molar-refractivity contribution in [2.75, 3.05) is 25.0 Å². The standard InChI is InChI=1S/C22H23ClN4O2/c1-24-18-8-10-26(14-18)21-7-6-19(13-25-21)27-11-9-20(12-22(27)28)29-15-16-2-4-17(23)5-3-16/h2-7,9,11-13,18,24H,8,10,14-15H2,1H3. The fourth-order valence-corrected chi connectivity index (χ4v) is 3.55. The first-order valence-corrected chi connectivity index (χ1v) is 9.99. The molecule has 0 spiro atoms. The van der Waals surface area contributed by atoms with Crippen LogP contribution >= 0.6 is 11.6 Å². The molecule has 1 aromatic carbocycles. The van der Waals surface area contributed by atoms with Crippen LogP contribution in [0.3, 0.4) is 0 Å². The predicted octanol–water partition coefficient (Wildman–Crippen LogP) is 3.26. The largest absolute Gasteiger partial charge is 0.489 e. The van der Waals surface area contributed by atoms with Gasteiger partial charge in [-0.2, -0.15) is 0 Å². The third kappa shape index (κ3) is 4.60. The third-order valence-electron chi connectivity index (χ3n) is 5.14. The van der Waals surface area contributed by atoms with Crippen molar-refractivity contribution >= 4 is 17.4 Å². The maximum absolute atomic E-state index is 12.5. The van der Waals surface area contributed by atoms with E-state index < -0.39 is 0 Å². The first kappa shape index (κ1) is 19.5. The number of nitrogens with zero attached hydrogens (tertiary/aromatic N) is 3. The van der Waals surface area contributed by atoms with Gasteiger partial charge in [-0.1, -0.05) is 23.7 Å². The molecule has 0 radical (unpaired) electrons. The number of halogens is 1. The summed E-state index contributed by atoms with van der Waals surface area (Å²) in [6.07, 6.45) is 4.55. The maximum Gasteiger partial charge on any atom is 0.258 e. The molecule has 0 amide bonds. The molecule has 0 bridgehead atoms. The highest BCUT2D eigenvalue weighted by molar-refractivity contribution is 6.30. The second-order valence-corrected chi connectivity index (χ2v) is 7.52. The number of nitrogens with one attached hydrogen (secondary N) is 1. The number of benzene rings is 1. The summed E-state index contributed by atoms with van der Waals surface area (Å²) in [6.45, 7) is 2.31. The Bertz CT molecular complexity index is 1020. The summed E-state index contributed by atoms with van der Waals surface area (Å²) in [4.78, 5) is 19.3. The molecule has 0 aliphatic carbocycles. The van der Waals surface area contributed by atoms with Gasteiger partial charge in [-0.3, -0.25) is 9.36 Å². The summed E-state index contributed by atoms with van der Waals surface area (Å²) in [7, 11) is 1.99. The van der Waals surface area contributed by atoms with Gasteiger partial charge in [-0.15, -0.1) is 0 Å². The van der Waals surface area contributed by atoms with Crippen LogP contribution in [0.1, 0.15) is 12.0 Å². The van der Waals surface area contributed by atoms with Gasteiger partial charge in [0.15, 0.2) is 0 Å². The molecule has 1 saturated heterocycles. The minimum absolute atomic E-state index is 0.162. The average molecular weight is 411 g/mol. The van der Waals surface area contributed by atoms with Crippen LogP contribution < -0.4 is 20.5 Å². The number of pyridine rings is 2. The lowest BCUT2D eigenvalue weighted by Crippen LogP contribution is -2.29. The first-order valence-electron chi connectivity index (χ1n) is 9.61. The zero-order valence-corrected chi connectivity index (χ0v) is 17.0. The number of hydrogen-bond donors (Lipinski definition) is 1. The molecule has 1 aliphatic rings. The quantitative estimate of drug-likeness (QED) is 0.676. The number of rotatable bonds is 6. The van der Waals surface area contributed by atoms with Crippen molar-refractivity contribution in [1.82, 2.24) is 14.9 Å². The summed E-state index contributed by atoms with van der Waals surface area (Å²) < 4.78 is 7.29. The molecule has 1 atom stereocenters. The third-order valence-corrected chi connectivity index (χ3v) is 5.39. The van der Waals surface area contributed by atoms with Crippen LogP contribution in [0, 0.1) is 0 Å². The summed E-state index contributed by atoms with van der Waals surface area (Å²) >= 11 is 5.89. The lowest BCUT2D eigenvalue weighted by molar-refractivity contribution is 0.305. The van der Waals surface area contributed by atoms with Gasteiger partial charge in [0.25, 0.3) is 5.56 Å². The minimum Gasteiger partial charge on any atom is -0.489 e. The van der Waals surface area contributed by atoms with Crippen LogP contribution in [0.2, 0.25) is 5.02 Å². The molecule has 1 N–H and O–H groups in total. The number of ether oxygens (including phenoxy) is 1. The number of anilines is 1. The van der Waals surface area contributed by atoms with Crippen LogP contribution in [0.4, 0.5) is 5.82 Å². The maximum atomic E-state index is 12.5. The van der Waals surface area contributed by atoms with E-state index in [2.05, 4.69) is 15.2 Å². The monoisotopic (exact) mass is 410 g/mol. The summed E-state index contributed by atoms with van der Waals surface area (Å²) in [5, 5.41) is 3.99. The normalized spacial score (nSPS) is 16.2. The molecule has 6 nitrogen and oxygen atoms in total. The van der Waals surface area contributed by atoms with Crippen LogP contribution in [-0.4, -0.2) is 35.7 Å². The summed E-state index contributed by atoms with van der Waals surface area (Å²) in [5.74, 6) is 1.46. The number of hydrogen-bond acceptors (Lipinski definition) is 5. The Balaban J connectivity index is 1.43. The summed E-state index contributed by atoms with van der Waals surface area (Å²) in [6, 6.07) is 15.1. The van der Waals surface area contributed by atoms with Crippen LogP contribution in [0.5, 0.6) is 5.75 Å².